The molecule has 0 saturated heterocycles. The summed E-state index contributed by atoms with van der Waals surface area (Å²) in [5.74, 6) is -0.126. The smallest absolute Gasteiger partial charge is 0.271 e. The van der Waals surface area contributed by atoms with E-state index in [1.807, 2.05) is 54.0 Å². The first kappa shape index (κ1) is 21.7. The Morgan fingerprint density at radius 3 is 2.48 bits per heavy atom. The lowest BCUT2D eigenvalue weighted by Gasteiger charge is -2.45. The molecule has 5 rings (SSSR count). The monoisotopic (exact) mass is 443 g/mol. The highest BCUT2D eigenvalue weighted by atomic mass is 16.2. The average molecular weight is 444 g/mol. The average Bonchev–Trinajstić information content (AvgIpc) is 2.98. The van der Waals surface area contributed by atoms with Gasteiger partial charge in [0.15, 0.2) is 0 Å². The Morgan fingerprint density at radius 2 is 1.73 bits per heavy atom. The maximum atomic E-state index is 13.9. The molecule has 1 atom stereocenters. The molecule has 5 nitrogen and oxygen atoms in total. The number of nitrogens with one attached hydrogen (secondary N) is 1. The zero-order valence-corrected chi connectivity index (χ0v) is 19.6. The van der Waals surface area contributed by atoms with Gasteiger partial charge in [0.2, 0.25) is 5.91 Å². The van der Waals surface area contributed by atoms with Crippen LogP contribution in [0.5, 0.6) is 0 Å². The zero-order chi connectivity index (χ0) is 23.0. The Morgan fingerprint density at radius 1 is 1.03 bits per heavy atom. The third kappa shape index (κ3) is 3.94. The van der Waals surface area contributed by atoms with Crippen molar-refractivity contribution in [3.8, 4) is 0 Å². The lowest BCUT2D eigenvalue weighted by Crippen LogP contribution is -2.64. The minimum Gasteiger partial charge on any atom is -0.351 e. The predicted molar refractivity (Wildman–Crippen MR) is 131 cm³/mol. The van der Waals surface area contributed by atoms with E-state index in [0.29, 0.717) is 18.8 Å². The lowest BCUT2D eigenvalue weighted by atomic mass is 9.92. The van der Waals surface area contributed by atoms with Gasteiger partial charge >= 0.3 is 0 Å². The molecule has 2 amide bonds. The van der Waals surface area contributed by atoms with Gasteiger partial charge < -0.3 is 14.8 Å². The molecule has 0 unspecified atom stereocenters. The Bertz CT molecular complexity index is 1190. The number of para-hydroxylation sites is 1. The predicted octanol–water partition coefficient (Wildman–Crippen LogP) is 5.20. The van der Waals surface area contributed by atoms with Crippen LogP contribution in [-0.2, 0) is 17.9 Å². The molecule has 0 radical (unpaired) electrons. The minimum absolute atomic E-state index is 0.0419. The van der Waals surface area contributed by atoms with Gasteiger partial charge in [0.1, 0.15) is 11.2 Å². The van der Waals surface area contributed by atoms with Gasteiger partial charge in [-0.1, -0.05) is 68.1 Å². The first-order valence-corrected chi connectivity index (χ1v) is 12.2. The fraction of sp³-hybridized carbons (Fsp3) is 0.429. The Balaban J connectivity index is 1.55. The van der Waals surface area contributed by atoms with Crippen LogP contribution in [0.2, 0.25) is 0 Å². The van der Waals surface area contributed by atoms with Gasteiger partial charge in [-0.05, 0) is 49.9 Å². The summed E-state index contributed by atoms with van der Waals surface area (Å²) in [4.78, 5) is 29.6. The number of nitrogens with zero attached hydrogens (tertiary/aromatic N) is 2. The van der Waals surface area contributed by atoms with Crippen LogP contribution in [0.4, 0.5) is 0 Å². The van der Waals surface area contributed by atoms with Gasteiger partial charge in [0.05, 0.1) is 6.54 Å². The van der Waals surface area contributed by atoms with Gasteiger partial charge in [0.25, 0.3) is 5.91 Å². The molecule has 1 fully saturated rings. The molecule has 2 heterocycles. The van der Waals surface area contributed by atoms with Crippen molar-refractivity contribution in [2.24, 2.45) is 0 Å². The van der Waals surface area contributed by atoms with Crippen molar-refractivity contribution in [3.63, 3.8) is 0 Å². The highest BCUT2D eigenvalue weighted by molar-refractivity contribution is 6.03. The Hall–Kier alpha value is -3.08. The highest BCUT2D eigenvalue weighted by Crippen LogP contribution is 2.34. The number of rotatable bonds is 4. The molecule has 1 aliphatic carbocycles. The Kier molecular flexibility index (Phi) is 5.73. The molecule has 2 aliphatic rings. The standard InChI is InChI=1S/C28H33N3O2/c1-20-11-7-8-13-22(20)18-31-26(32)25-17-21-12-9-10-16-24(21)30(25)19-28(31,2)27(33)29-23-14-5-3-4-6-15-23/h7-13,16-17,23H,3-6,14-15,18-19H2,1-2H3,(H,29,33)/t28-/m0/s1. The topological polar surface area (TPSA) is 54.3 Å². The van der Waals surface area contributed by atoms with Crippen molar-refractivity contribution in [1.29, 1.82) is 0 Å². The molecular formula is C28H33N3O2. The van der Waals surface area contributed by atoms with E-state index in [0.717, 1.165) is 47.7 Å². The molecule has 1 saturated carbocycles. The summed E-state index contributed by atoms with van der Waals surface area (Å²) in [6.07, 6.45) is 6.82. The molecule has 2 aromatic carbocycles. The number of amides is 2. The van der Waals surface area contributed by atoms with Crippen molar-refractivity contribution in [1.82, 2.24) is 14.8 Å². The van der Waals surface area contributed by atoms with Crippen LogP contribution in [0.3, 0.4) is 0 Å². The quantitative estimate of drug-likeness (QED) is 0.563. The summed E-state index contributed by atoms with van der Waals surface area (Å²) < 4.78 is 2.04. The van der Waals surface area contributed by atoms with Crippen molar-refractivity contribution in [2.45, 2.75) is 77.0 Å². The van der Waals surface area contributed by atoms with Gasteiger partial charge in [-0.2, -0.15) is 0 Å². The number of hydrogen-bond donors (Lipinski definition) is 1. The maximum Gasteiger partial charge on any atom is 0.271 e. The first-order chi connectivity index (χ1) is 16.0. The second kappa shape index (κ2) is 8.69. The highest BCUT2D eigenvalue weighted by Gasteiger charge is 2.48. The van der Waals surface area contributed by atoms with Crippen LogP contribution < -0.4 is 5.32 Å². The van der Waals surface area contributed by atoms with E-state index in [-0.39, 0.29) is 17.9 Å². The van der Waals surface area contributed by atoms with Crippen LogP contribution in [0.25, 0.3) is 10.9 Å². The summed E-state index contributed by atoms with van der Waals surface area (Å²) in [5.41, 5.74) is 2.89. The number of benzene rings is 2. The number of fused-ring (bicyclic) bond motifs is 3. The summed E-state index contributed by atoms with van der Waals surface area (Å²) in [6, 6.07) is 18.3. The molecule has 1 N–H and O–H groups in total. The minimum atomic E-state index is -0.972. The third-order valence-corrected chi connectivity index (χ3v) is 7.61. The van der Waals surface area contributed by atoms with E-state index in [2.05, 4.69) is 24.4 Å². The number of carbonyl (C=O) groups is 2. The first-order valence-electron chi connectivity index (χ1n) is 12.2. The normalized spacial score (nSPS) is 21.6. The summed E-state index contributed by atoms with van der Waals surface area (Å²) >= 11 is 0. The van der Waals surface area contributed by atoms with Gasteiger partial charge in [-0.25, -0.2) is 0 Å². The van der Waals surface area contributed by atoms with Gasteiger partial charge in [0, 0.05) is 23.5 Å². The molecule has 33 heavy (non-hydrogen) atoms. The van der Waals surface area contributed by atoms with E-state index >= 15 is 0 Å². The summed E-state index contributed by atoms with van der Waals surface area (Å²) in [5, 5.41) is 4.38. The van der Waals surface area contributed by atoms with Crippen molar-refractivity contribution in [3.05, 3.63) is 71.4 Å². The van der Waals surface area contributed by atoms with Crippen LogP contribution >= 0.6 is 0 Å². The van der Waals surface area contributed by atoms with Crippen molar-refractivity contribution in [2.75, 3.05) is 0 Å². The SMILES string of the molecule is Cc1ccccc1CN1C(=O)c2cc3ccccc3n2C[C@@]1(C)C(=O)NC1CCCCCC1. The number of aryl methyl sites for hydroxylation is 1. The fourth-order valence-electron chi connectivity index (χ4n) is 5.48. The fourth-order valence-corrected chi connectivity index (χ4v) is 5.48. The second-order valence-corrected chi connectivity index (χ2v) is 9.93. The molecule has 3 aromatic rings. The number of carbonyl (C=O) groups excluding carboxylic acids is 2. The van der Waals surface area contributed by atoms with Crippen molar-refractivity contribution >= 4 is 22.7 Å². The zero-order valence-electron chi connectivity index (χ0n) is 19.6. The van der Waals surface area contributed by atoms with E-state index in [1.54, 1.807) is 4.90 Å². The van der Waals surface area contributed by atoms with Crippen LogP contribution in [-0.4, -0.2) is 32.9 Å². The lowest BCUT2D eigenvalue weighted by molar-refractivity contribution is -0.134. The molecule has 1 aromatic heterocycles. The summed E-state index contributed by atoms with van der Waals surface area (Å²) in [6.45, 7) is 4.87. The number of hydrogen-bond acceptors (Lipinski definition) is 2. The van der Waals surface area contributed by atoms with E-state index in [1.165, 1.54) is 12.8 Å². The third-order valence-electron chi connectivity index (χ3n) is 7.61. The molecule has 0 spiro atoms. The van der Waals surface area contributed by atoms with Gasteiger partial charge in [-0.15, -0.1) is 0 Å². The van der Waals surface area contributed by atoms with E-state index in [9.17, 15) is 9.59 Å². The maximum absolute atomic E-state index is 13.9. The van der Waals surface area contributed by atoms with Crippen LogP contribution in [0.15, 0.2) is 54.6 Å². The van der Waals surface area contributed by atoms with Crippen LogP contribution in [0.1, 0.15) is 67.1 Å². The van der Waals surface area contributed by atoms with E-state index < -0.39 is 5.54 Å². The molecule has 172 valence electrons. The van der Waals surface area contributed by atoms with Gasteiger partial charge in [-0.3, -0.25) is 9.59 Å². The van der Waals surface area contributed by atoms with E-state index in [4.69, 9.17) is 0 Å². The van der Waals surface area contributed by atoms with Crippen molar-refractivity contribution < 1.29 is 9.59 Å². The molecular weight excluding hydrogens is 410 g/mol. The molecule has 5 heteroatoms. The number of aromatic nitrogens is 1. The largest absolute Gasteiger partial charge is 0.351 e. The van der Waals surface area contributed by atoms with Crippen LogP contribution in [0, 0.1) is 6.92 Å². The second-order valence-electron chi connectivity index (χ2n) is 9.93. The molecule has 1 aliphatic heterocycles. The summed E-state index contributed by atoms with van der Waals surface area (Å²) in [7, 11) is 0. The Labute approximate surface area is 195 Å². The molecule has 0 bridgehead atoms.